The summed E-state index contributed by atoms with van der Waals surface area (Å²) >= 11 is 0. The Morgan fingerprint density at radius 2 is 1.65 bits per heavy atom. The molecule has 0 aliphatic heterocycles. The Morgan fingerprint density at radius 3 is 2.32 bits per heavy atom. The van der Waals surface area contributed by atoms with Crippen molar-refractivity contribution in [1.82, 2.24) is 15.1 Å². The molecule has 4 rings (SSSR count). The molecule has 3 aromatic carbocycles. The zero-order valence-electron chi connectivity index (χ0n) is 16.9. The number of aliphatic hydroxyl groups excluding tert-OH is 1. The Bertz CT molecular complexity index is 1270. The van der Waals surface area contributed by atoms with E-state index in [-0.39, 0.29) is 17.8 Å². The highest BCUT2D eigenvalue weighted by Crippen LogP contribution is 2.18. The molecule has 7 nitrogen and oxygen atoms in total. The van der Waals surface area contributed by atoms with Gasteiger partial charge in [-0.1, -0.05) is 48.5 Å². The number of nitrogens with zero attached hydrogens (tertiary/aromatic N) is 2. The van der Waals surface area contributed by atoms with Crippen LogP contribution in [0.1, 0.15) is 22.2 Å². The van der Waals surface area contributed by atoms with E-state index < -0.39 is 12.0 Å². The molecule has 0 aliphatic rings. The molecule has 1 aromatic heterocycles. The summed E-state index contributed by atoms with van der Waals surface area (Å²) in [5.74, 6) is 0.201. The second kappa shape index (κ2) is 8.81. The third-order valence-electron chi connectivity index (χ3n) is 4.98. The van der Waals surface area contributed by atoms with Crippen molar-refractivity contribution in [3.05, 3.63) is 100 Å². The van der Waals surface area contributed by atoms with E-state index >= 15 is 0 Å². The lowest BCUT2D eigenvalue weighted by Gasteiger charge is -2.14. The highest BCUT2D eigenvalue weighted by Gasteiger charge is 2.18. The maximum atomic E-state index is 13.0. The summed E-state index contributed by atoms with van der Waals surface area (Å²) in [6.45, 7) is -0.00830. The van der Waals surface area contributed by atoms with Gasteiger partial charge in [0.2, 0.25) is 0 Å². The first-order valence-corrected chi connectivity index (χ1v) is 9.76. The second-order valence-corrected chi connectivity index (χ2v) is 6.95. The number of hydrogen-bond acceptors (Lipinski definition) is 5. The lowest BCUT2D eigenvalue weighted by molar-refractivity contribution is 0.0911. The second-order valence-electron chi connectivity index (χ2n) is 6.95. The number of amides is 1. The highest BCUT2D eigenvalue weighted by atomic mass is 16.5. The number of rotatable bonds is 6. The van der Waals surface area contributed by atoms with Crippen LogP contribution in [0.4, 0.5) is 0 Å². The van der Waals surface area contributed by atoms with Gasteiger partial charge in [0.25, 0.3) is 11.5 Å². The van der Waals surface area contributed by atoms with Crippen LogP contribution < -0.4 is 15.6 Å². The van der Waals surface area contributed by atoms with Crippen molar-refractivity contribution < 1.29 is 14.6 Å². The molecule has 156 valence electrons. The van der Waals surface area contributed by atoms with Gasteiger partial charge in [-0.15, -0.1) is 0 Å². The Labute approximate surface area is 178 Å². The van der Waals surface area contributed by atoms with E-state index in [1.54, 1.807) is 79.9 Å². The number of benzene rings is 3. The van der Waals surface area contributed by atoms with E-state index in [0.29, 0.717) is 27.8 Å². The van der Waals surface area contributed by atoms with Gasteiger partial charge in [-0.05, 0) is 35.9 Å². The van der Waals surface area contributed by atoms with E-state index in [1.807, 2.05) is 6.07 Å². The zero-order chi connectivity index (χ0) is 21.8. The van der Waals surface area contributed by atoms with Crippen molar-refractivity contribution in [2.75, 3.05) is 13.7 Å². The first kappa shape index (κ1) is 20.3. The summed E-state index contributed by atoms with van der Waals surface area (Å²) in [6.07, 6.45) is -0.902. The molecule has 4 aromatic rings. The summed E-state index contributed by atoms with van der Waals surface area (Å²) < 4.78 is 6.34. The van der Waals surface area contributed by atoms with Crippen molar-refractivity contribution >= 4 is 16.7 Å². The fraction of sp³-hybridized carbons (Fsp3) is 0.125. The predicted molar refractivity (Wildman–Crippen MR) is 118 cm³/mol. The molecule has 0 bridgehead atoms. The lowest BCUT2D eigenvalue weighted by Crippen LogP contribution is -2.32. The van der Waals surface area contributed by atoms with E-state index in [9.17, 15) is 14.7 Å². The van der Waals surface area contributed by atoms with Crippen LogP contribution in [-0.2, 0) is 0 Å². The quantitative estimate of drug-likeness (QED) is 0.505. The van der Waals surface area contributed by atoms with Gasteiger partial charge in [0, 0.05) is 11.9 Å². The van der Waals surface area contributed by atoms with Gasteiger partial charge in [0.05, 0.1) is 24.3 Å². The average molecular weight is 415 g/mol. The smallest absolute Gasteiger partial charge is 0.279 e. The normalized spacial score (nSPS) is 11.8. The maximum absolute atomic E-state index is 13.0. The van der Waals surface area contributed by atoms with Crippen LogP contribution in [0, 0.1) is 0 Å². The molecule has 0 fully saturated rings. The Morgan fingerprint density at radius 1 is 1.00 bits per heavy atom. The number of fused-ring (bicyclic) bond motifs is 1. The molecule has 1 unspecified atom stereocenters. The first-order chi connectivity index (χ1) is 15.1. The summed E-state index contributed by atoms with van der Waals surface area (Å²) in [6, 6.07) is 22.7. The van der Waals surface area contributed by atoms with Gasteiger partial charge in [-0.25, -0.2) is 0 Å². The zero-order valence-corrected chi connectivity index (χ0v) is 16.9. The van der Waals surface area contributed by atoms with E-state index in [4.69, 9.17) is 4.74 Å². The van der Waals surface area contributed by atoms with Crippen LogP contribution in [0.25, 0.3) is 16.5 Å². The minimum Gasteiger partial charge on any atom is -0.497 e. The third-order valence-corrected chi connectivity index (χ3v) is 4.98. The minimum atomic E-state index is -0.902. The fourth-order valence-corrected chi connectivity index (χ4v) is 3.32. The maximum Gasteiger partial charge on any atom is 0.279 e. The molecule has 0 aliphatic carbocycles. The predicted octanol–water partition coefficient (Wildman–Crippen LogP) is 2.86. The van der Waals surface area contributed by atoms with E-state index in [0.717, 1.165) is 0 Å². The lowest BCUT2D eigenvalue weighted by atomic mass is 10.1. The minimum absolute atomic E-state index is 0.00830. The molecule has 1 heterocycles. The van der Waals surface area contributed by atoms with Crippen LogP contribution in [0.2, 0.25) is 0 Å². The molecule has 7 heteroatoms. The molecular formula is C24H21N3O4. The monoisotopic (exact) mass is 415 g/mol. The summed E-state index contributed by atoms with van der Waals surface area (Å²) in [5, 5.41) is 18.3. The molecule has 0 saturated carbocycles. The number of aromatic nitrogens is 2. The van der Waals surface area contributed by atoms with E-state index in [2.05, 4.69) is 10.4 Å². The van der Waals surface area contributed by atoms with Crippen LogP contribution in [0.5, 0.6) is 5.75 Å². The van der Waals surface area contributed by atoms with Gasteiger partial charge in [-0.2, -0.15) is 9.78 Å². The largest absolute Gasteiger partial charge is 0.497 e. The van der Waals surface area contributed by atoms with Gasteiger partial charge in [0.1, 0.15) is 5.75 Å². The average Bonchev–Trinajstić information content (AvgIpc) is 2.83. The first-order valence-electron chi connectivity index (χ1n) is 9.76. The number of carbonyl (C=O) groups is 1. The molecule has 1 atom stereocenters. The summed E-state index contributed by atoms with van der Waals surface area (Å²) in [4.78, 5) is 25.9. The number of methoxy groups -OCH3 is 1. The molecule has 2 N–H and O–H groups in total. The van der Waals surface area contributed by atoms with Crippen molar-refractivity contribution in [2.45, 2.75) is 6.10 Å². The Balaban J connectivity index is 1.64. The molecule has 0 spiro atoms. The van der Waals surface area contributed by atoms with Crippen LogP contribution in [-0.4, -0.2) is 34.4 Å². The SMILES string of the molecule is COc1ccc(C(O)CNC(=O)c2nn(-c3ccccc3)c(=O)c3ccccc23)cc1. The van der Waals surface area contributed by atoms with Crippen LogP contribution >= 0.6 is 0 Å². The van der Waals surface area contributed by atoms with Crippen LogP contribution in [0.3, 0.4) is 0 Å². The van der Waals surface area contributed by atoms with E-state index in [1.165, 1.54) is 4.68 Å². The fourth-order valence-electron chi connectivity index (χ4n) is 3.32. The summed E-state index contributed by atoms with van der Waals surface area (Å²) in [7, 11) is 1.57. The van der Waals surface area contributed by atoms with Gasteiger partial charge in [-0.3, -0.25) is 9.59 Å². The standard InChI is InChI=1S/C24H21N3O4/c1-31-18-13-11-16(12-14-18)21(28)15-25-23(29)22-19-9-5-6-10-20(19)24(30)27(26-22)17-7-3-2-4-8-17/h2-14,21,28H,15H2,1H3,(H,25,29). The summed E-state index contributed by atoms with van der Waals surface area (Å²) in [5.41, 5.74) is 1.01. The van der Waals surface area contributed by atoms with Crippen molar-refractivity contribution in [3.63, 3.8) is 0 Å². The number of aliphatic hydroxyl groups is 1. The third kappa shape index (κ3) is 4.17. The van der Waals surface area contributed by atoms with Crippen molar-refractivity contribution in [2.24, 2.45) is 0 Å². The van der Waals surface area contributed by atoms with Crippen LogP contribution in [0.15, 0.2) is 83.7 Å². The van der Waals surface area contributed by atoms with Gasteiger partial charge < -0.3 is 15.2 Å². The Hall–Kier alpha value is -3.97. The van der Waals surface area contributed by atoms with Crippen molar-refractivity contribution in [3.8, 4) is 11.4 Å². The Kier molecular flexibility index (Phi) is 5.77. The number of hydrogen-bond donors (Lipinski definition) is 2. The van der Waals surface area contributed by atoms with Crippen molar-refractivity contribution in [1.29, 1.82) is 0 Å². The van der Waals surface area contributed by atoms with Gasteiger partial charge in [0.15, 0.2) is 5.69 Å². The van der Waals surface area contributed by atoms with Gasteiger partial charge >= 0.3 is 0 Å². The number of nitrogens with one attached hydrogen (secondary N) is 1. The molecule has 31 heavy (non-hydrogen) atoms. The number of carbonyl (C=O) groups excluding carboxylic acids is 1. The number of ether oxygens (including phenoxy) is 1. The molecular weight excluding hydrogens is 394 g/mol. The highest BCUT2D eigenvalue weighted by molar-refractivity contribution is 6.04. The number of para-hydroxylation sites is 1. The molecule has 0 radical (unpaired) electrons. The molecule has 1 amide bonds. The molecule has 0 saturated heterocycles. The topological polar surface area (TPSA) is 93.4 Å².